The minimum atomic E-state index is -4.29. The highest BCUT2D eigenvalue weighted by atomic mass is 35.5. The lowest BCUT2D eigenvalue weighted by Crippen LogP contribution is -2.45. The normalized spacial score (nSPS) is 17.1. The molecule has 140 valence electrons. The van der Waals surface area contributed by atoms with E-state index in [0.717, 1.165) is 39.0 Å². The van der Waals surface area contributed by atoms with Crippen LogP contribution in [0.15, 0.2) is 24.3 Å². The molecule has 1 saturated heterocycles. The Morgan fingerprint density at radius 1 is 1.04 bits per heavy atom. The molecule has 0 amide bonds. The van der Waals surface area contributed by atoms with E-state index in [2.05, 4.69) is 24.1 Å². The molecule has 2 rings (SSSR count). The molecule has 1 N–H and O–H groups in total. The summed E-state index contributed by atoms with van der Waals surface area (Å²) >= 11 is 0. The maximum absolute atomic E-state index is 13.3. The number of rotatable bonds is 5. The first-order valence-corrected chi connectivity index (χ1v) is 8.00. The van der Waals surface area contributed by atoms with Crippen molar-refractivity contribution in [2.24, 2.45) is 5.92 Å². The molecule has 1 aliphatic rings. The predicted octanol–water partition coefficient (Wildman–Crippen LogP) is 4.93. The smallest absolute Gasteiger partial charge is 0.314 e. The summed E-state index contributed by atoms with van der Waals surface area (Å²) in [5.41, 5.74) is -0.0557. The molecule has 0 unspecified atom stereocenters. The molecule has 0 bridgehead atoms. The number of hydrogen-bond donors (Lipinski definition) is 1. The molecule has 0 aromatic heterocycles. The van der Waals surface area contributed by atoms with Gasteiger partial charge in [0.05, 0.1) is 5.56 Å². The fraction of sp³-hybridized carbons (Fsp3) is 0.647. The minimum Gasteiger partial charge on any atom is -0.314 e. The SMILES string of the molecule is CC(C)CC[C@H](c1ccccc1C(F)(F)F)N1CCNCC1.Cl.Cl. The van der Waals surface area contributed by atoms with Crippen LogP contribution in [-0.2, 0) is 6.18 Å². The van der Waals surface area contributed by atoms with Crippen LogP contribution in [0.25, 0.3) is 0 Å². The Morgan fingerprint density at radius 3 is 2.17 bits per heavy atom. The number of nitrogens with one attached hydrogen (secondary N) is 1. The third-order valence-electron chi connectivity index (χ3n) is 4.24. The Hall–Kier alpha value is -0.490. The van der Waals surface area contributed by atoms with Crippen molar-refractivity contribution in [3.05, 3.63) is 35.4 Å². The van der Waals surface area contributed by atoms with Gasteiger partial charge in [0.15, 0.2) is 0 Å². The van der Waals surface area contributed by atoms with Crippen molar-refractivity contribution in [3.63, 3.8) is 0 Å². The fourth-order valence-corrected chi connectivity index (χ4v) is 3.07. The average molecular weight is 387 g/mol. The molecule has 0 radical (unpaired) electrons. The second-order valence-corrected chi connectivity index (χ2v) is 6.36. The molecular formula is C17H27Cl2F3N2. The van der Waals surface area contributed by atoms with E-state index in [-0.39, 0.29) is 30.9 Å². The predicted molar refractivity (Wildman–Crippen MR) is 97.2 cm³/mol. The Bertz CT molecular complexity index is 475. The number of nitrogens with zero attached hydrogens (tertiary/aromatic N) is 1. The minimum absolute atomic E-state index is 0. The molecule has 1 aliphatic heterocycles. The highest BCUT2D eigenvalue weighted by Crippen LogP contribution is 2.38. The summed E-state index contributed by atoms with van der Waals surface area (Å²) in [6, 6.07) is 5.90. The van der Waals surface area contributed by atoms with Crippen molar-refractivity contribution < 1.29 is 13.2 Å². The summed E-state index contributed by atoms with van der Waals surface area (Å²) in [7, 11) is 0. The molecule has 0 saturated carbocycles. The Balaban J connectivity index is 0.00000264. The zero-order valence-corrected chi connectivity index (χ0v) is 15.7. The van der Waals surface area contributed by atoms with Gasteiger partial charge in [-0.1, -0.05) is 32.0 Å². The monoisotopic (exact) mass is 386 g/mol. The van der Waals surface area contributed by atoms with Crippen molar-refractivity contribution in [3.8, 4) is 0 Å². The molecule has 7 heteroatoms. The van der Waals surface area contributed by atoms with E-state index in [1.54, 1.807) is 12.1 Å². The van der Waals surface area contributed by atoms with Crippen LogP contribution in [0, 0.1) is 5.92 Å². The molecule has 0 spiro atoms. The molecule has 1 atom stereocenters. The lowest BCUT2D eigenvalue weighted by atomic mass is 9.92. The van der Waals surface area contributed by atoms with Crippen LogP contribution in [0.1, 0.15) is 43.9 Å². The fourth-order valence-electron chi connectivity index (χ4n) is 3.07. The van der Waals surface area contributed by atoms with E-state index in [1.165, 1.54) is 12.1 Å². The first-order valence-electron chi connectivity index (χ1n) is 8.00. The second kappa shape index (κ2) is 10.5. The van der Waals surface area contributed by atoms with Gasteiger partial charge in [-0.25, -0.2) is 0 Å². The third-order valence-corrected chi connectivity index (χ3v) is 4.24. The maximum atomic E-state index is 13.3. The van der Waals surface area contributed by atoms with Gasteiger partial charge in [0.25, 0.3) is 0 Å². The molecule has 1 aromatic rings. The van der Waals surface area contributed by atoms with Gasteiger partial charge in [0.2, 0.25) is 0 Å². The standard InChI is InChI=1S/C17H25F3N2.2ClH/c1-13(2)7-8-16(22-11-9-21-10-12-22)14-5-3-4-6-15(14)17(18,19)20;;/h3-6,13,16,21H,7-12H2,1-2H3;2*1H/t16-;;/m1../s1. The molecular weight excluding hydrogens is 360 g/mol. The van der Waals surface area contributed by atoms with Crippen molar-refractivity contribution in [1.82, 2.24) is 10.2 Å². The van der Waals surface area contributed by atoms with Crippen molar-refractivity contribution in [2.45, 2.75) is 38.9 Å². The Kier molecular flexibility index (Phi) is 10.3. The van der Waals surface area contributed by atoms with E-state index >= 15 is 0 Å². The summed E-state index contributed by atoms with van der Waals surface area (Å²) in [5, 5.41) is 3.27. The van der Waals surface area contributed by atoms with Gasteiger partial charge in [0.1, 0.15) is 0 Å². The third kappa shape index (κ3) is 6.43. The topological polar surface area (TPSA) is 15.3 Å². The van der Waals surface area contributed by atoms with Gasteiger partial charge >= 0.3 is 6.18 Å². The van der Waals surface area contributed by atoms with E-state index in [9.17, 15) is 13.2 Å². The van der Waals surface area contributed by atoms with Gasteiger partial charge < -0.3 is 5.32 Å². The summed E-state index contributed by atoms with van der Waals surface area (Å²) in [4.78, 5) is 2.20. The molecule has 1 aromatic carbocycles. The van der Waals surface area contributed by atoms with E-state index in [1.807, 2.05) is 0 Å². The Labute approximate surface area is 155 Å². The molecule has 24 heavy (non-hydrogen) atoms. The van der Waals surface area contributed by atoms with Gasteiger partial charge in [-0.15, -0.1) is 24.8 Å². The average Bonchev–Trinajstić information content (AvgIpc) is 2.48. The van der Waals surface area contributed by atoms with Crippen LogP contribution in [0.5, 0.6) is 0 Å². The maximum Gasteiger partial charge on any atom is 0.416 e. The number of piperazine rings is 1. The quantitative estimate of drug-likeness (QED) is 0.771. The van der Waals surface area contributed by atoms with E-state index in [0.29, 0.717) is 11.5 Å². The number of benzene rings is 1. The summed E-state index contributed by atoms with van der Waals surface area (Å²) in [6.45, 7) is 7.51. The van der Waals surface area contributed by atoms with Gasteiger partial charge in [-0.05, 0) is 30.4 Å². The number of hydrogen-bond acceptors (Lipinski definition) is 2. The van der Waals surface area contributed by atoms with E-state index < -0.39 is 11.7 Å². The first-order chi connectivity index (χ1) is 10.4. The van der Waals surface area contributed by atoms with Crippen LogP contribution in [0.2, 0.25) is 0 Å². The van der Waals surface area contributed by atoms with Crippen LogP contribution >= 0.6 is 24.8 Å². The van der Waals surface area contributed by atoms with Crippen molar-refractivity contribution in [2.75, 3.05) is 26.2 Å². The summed E-state index contributed by atoms with van der Waals surface area (Å²) in [5.74, 6) is 0.489. The summed E-state index contributed by atoms with van der Waals surface area (Å²) in [6.07, 6.45) is -2.59. The van der Waals surface area contributed by atoms with Crippen LogP contribution in [0.4, 0.5) is 13.2 Å². The first kappa shape index (κ1) is 23.5. The number of alkyl halides is 3. The zero-order valence-electron chi connectivity index (χ0n) is 14.1. The Morgan fingerprint density at radius 2 is 1.62 bits per heavy atom. The van der Waals surface area contributed by atoms with Gasteiger partial charge in [0, 0.05) is 32.2 Å². The lowest BCUT2D eigenvalue weighted by Gasteiger charge is -2.36. The second-order valence-electron chi connectivity index (χ2n) is 6.36. The largest absolute Gasteiger partial charge is 0.416 e. The van der Waals surface area contributed by atoms with Crippen molar-refractivity contribution in [1.29, 1.82) is 0 Å². The van der Waals surface area contributed by atoms with Crippen LogP contribution < -0.4 is 5.32 Å². The van der Waals surface area contributed by atoms with Gasteiger partial charge in [-0.2, -0.15) is 13.2 Å². The highest BCUT2D eigenvalue weighted by molar-refractivity contribution is 5.85. The van der Waals surface area contributed by atoms with E-state index in [4.69, 9.17) is 0 Å². The zero-order chi connectivity index (χ0) is 16.2. The molecule has 1 heterocycles. The van der Waals surface area contributed by atoms with Crippen molar-refractivity contribution >= 4 is 24.8 Å². The summed E-state index contributed by atoms with van der Waals surface area (Å²) < 4.78 is 40.0. The molecule has 1 fully saturated rings. The number of halogens is 5. The van der Waals surface area contributed by atoms with Crippen LogP contribution in [0.3, 0.4) is 0 Å². The molecule has 2 nitrogen and oxygen atoms in total. The van der Waals surface area contributed by atoms with Gasteiger partial charge in [-0.3, -0.25) is 4.90 Å². The van der Waals surface area contributed by atoms with Crippen LogP contribution in [-0.4, -0.2) is 31.1 Å². The molecule has 0 aliphatic carbocycles. The lowest BCUT2D eigenvalue weighted by molar-refractivity contribution is -0.138. The highest BCUT2D eigenvalue weighted by Gasteiger charge is 2.36.